The first-order valence-corrected chi connectivity index (χ1v) is 11.6. The van der Waals surface area contributed by atoms with Gasteiger partial charge < -0.3 is 0 Å². The number of hydrogen-bond donors (Lipinski definition) is 0. The fourth-order valence-corrected chi connectivity index (χ4v) is 3.77. The zero-order chi connectivity index (χ0) is 22.7. The maximum absolute atomic E-state index is 12.5. The molecule has 0 aromatic carbocycles. The third-order valence-corrected chi connectivity index (χ3v) is 6.06. The molecular formula is C28H42O2. The van der Waals surface area contributed by atoms with E-state index in [1.807, 2.05) is 0 Å². The van der Waals surface area contributed by atoms with E-state index in [0.717, 1.165) is 63.4 Å². The second kappa shape index (κ2) is 13.4. The van der Waals surface area contributed by atoms with E-state index in [2.05, 4.69) is 45.9 Å². The van der Waals surface area contributed by atoms with Crippen LogP contribution < -0.4 is 0 Å². The summed E-state index contributed by atoms with van der Waals surface area (Å²) in [6.07, 6.45) is 16.6. The summed E-state index contributed by atoms with van der Waals surface area (Å²) >= 11 is 0. The van der Waals surface area contributed by atoms with E-state index in [9.17, 15) is 9.59 Å². The summed E-state index contributed by atoms with van der Waals surface area (Å²) in [5.74, 6) is 0.117. The van der Waals surface area contributed by atoms with Gasteiger partial charge >= 0.3 is 0 Å². The van der Waals surface area contributed by atoms with Gasteiger partial charge in [0.05, 0.1) is 0 Å². The van der Waals surface area contributed by atoms with Gasteiger partial charge in [0.2, 0.25) is 0 Å². The molecule has 0 aromatic rings. The average Bonchev–Trinajstić information content (AvgIpc) is 2.69. The molecule has 0 saturated heterocycles. The van der Waals surface area contributed by atoms with E-state index in [1.165, 1.54) is 16.7 Å². The Morgan fingerprint density at radius 1 is 0.633 bits per heavy atom. The van der Waals surface area contributed by atoms with Crippen molar-refractivity contribution in [3.05, 3.63) is 57.2 Å². The van der Waals surface area contributed by atoms with Crippen molar-refractivity contribution in [2.75, 3.05) is 0 Å². The number of allylic oxidation sites excluding steroid dienone is 10. The van der Waals surface area contributed by atoms with Crippen LogP contribution >= 0.6 is 0 Å². The zero-order valence-electron chi connectivity index (χ0n) is 20.4. The monoisotopic (exact) mass is 410 g/mol. The lowest BCUT2D eigenvalue weighted by Crippen LogP contribution is -2.20. The number of unbranched alkanes of at least 4 members (excludes halogenated alkanes) is 3. The number of carbonyl (C=O) groups is 2. The third kappa shape index (κ3) is 8.81. The Labute approximate surface area is 184 Å². The van der Waals surface area contributed by atoms with Crippen LogP contribution in [0.15, 0.2) is 57.2 Å². The average molecular weight is 411 g/mol. The van der Waals surface area contributed by atoms with Crippen LogP contribution in [-0.4, -0.2) is 11.6 Å². The molecule has 166 valence electrons. The van der Waals surface area contributed by atoms with Gasteiger partial charge in [-0.3, -0.25) is 9.59 Å². The molecule has 0 N–H and O–H groups in total. The first kappa shape index (κ1) is 26.1. The first-order chi connectivity index (χ1) is 14.1. The van der Waals surface area contributed by atoms with Crippen LogP contribution in [0.5, 0.6) is 0 Å². The molecule has 0 aromatic heterocycles. The number of carbonyl (C=O) groups excluding carboxylic acids is 2. The third-order valence-electron chi connectivity index (χ3n) is 6.06. The molecule has 1 rings (SSSR count). The van der Waals surface area contributed by atoms with Crippen LogP contribution in [0.1, 0.15) is 106 Å². The van der Waals surface area contributed by atoms with Gasteiger partial charge in [0, 0.05) is 22.3 Å². The Balaban J connectivity index is 2.28. The van der Waals surface area contributed by atoms with E-state index in [0.29, 0.717) is 16.7 Å². The van der Waals surface area contributed by atoms with Gasteiger partial charge in [-0.15, -0.1) is 0 Å². The minimum absolute atomic E-state index is 0.0434. The molecule has 0 heterocycles. The number of rotatable bonds is 12. The van der Waals surface area contributed by atoms with Crippen molar-refractivity contribution in [1.82, 2.24) is 0 Å². The van der Waals surface area contributed by atoms with E-state index in [1.54, 1.807) is 20.8 Å². The summed E-state index contributed by atoms with van der Waals surface area (Å²) in [6.45, 7) is 14.1. The largest absolute Gasteiger partial charge is 0.289 e. The maximum Gasteiger partial charge on any atom is 0.185 e. The van der Waals surface area contributed by atoms with Crippen molar-refractivity contribution in [3.8, 4) is 0 Å². The summed E-state index contributed by atoms with van der Waals surface area (Å²) in [6, 6.07) is 0. The highest BCUT2D eigenvalue weighted by Crippen LogP contribution is 2.27. The number of ketones is 2. The normalized spacial score (nSPS) is 16.0. The molecule has 0 saturated carbocycles. The van der Waals surface area contributed by atoms with Gasteiger partial charge in [-0.2, -0.15) is 0 Å². The molecule has 0 aliphatic heterocycles. The number of hydrogen-bond acceptors (Lipinski definition) is 2. The van der Waals surface area contributed by atoms with E-state index in [4.69, 9.17) is 0 Å². The topological polar surface area (TPSA) is 34.1 Å². The Morgan fingerprint density at radius 3 is 1.77 bits per heavy atom. The molecule has 1 aliphatic carbocycles. The lowest BCUT2D eigenvalue weighted by Gasteiger charge is -2.18. The van der Waals surface area contributed by atoms with E-state index < -0.39 is 0 Å². The molecule has 2 heteroatoms. The molecule has 0 bridgehead atoms. The van der Waals surface area contributed by atoms with E-state index >= 15 is 0 Å². The SMILES string of the molecule is CC(C)=CCC/C(C)=C/CC/C(C)=C/CCCCCC1=C(C)C(=O)C(C)=C(C)C1=O. The second-order valence-electron chi connectivity index (χ2n) is 9.07. The highest BCUT2D eigenvalue weighted by molar-refractivity contribution is 6.24. The molecule has 1 aliphatic rings. The van der Waals surface area contributed by atoms with Crippen molar-refractivity contribution < 1.29 is 9.59 Å². The maximum atomic E-state index is 12.5. The van der Waals surface area contributed by atoms with Crippen molar-refractivity contribution in [1.29, 1.82) is 0 Å². The summed E-state index contributed by atoms with van der Waals surface area (Å²) in [4.78, 5) is 24.7. The quantitative estimate of drug-likeness (QED) is 0.185. The zero-order valence-corrected chi connectivity index (χ0v) is 20.4. The Kier molecular flexibility index (Phi) is 11.6. The minimum atomic E-state index is 0.0434. The van der Waals surface area contributed by atoms with Gasteiger partial charge in [0.1, 0.15) is 0 Å². The van der Waals surface area contributed by atoms with Crippen molar-refractivity contribution in [2.45, 2.75) is 106 Å². The van der Waals surface area contributed by atoms with Gasteiger partial charge in [-0.05, 0) is 99.8 Å². The standard InChI is InChI=1S/C28H42O2/c1-20(2)14-12-16-22(4)18-13-17-21(3)15-10-8-9-11-19-26-25(7)27(29)23(5)24(6)28(26)30/h14-15,18H,8-13,16-17,19H2,1-7H3/b21-15+,22-18+. The van der Waals surface area contributed by atoms with Crippen molar-refractivity contribution >= 4 is 11.6 Å². The van der Waals surface area contributed by atoms with Gasteiger partial charge in [-0.25, -0.2) is 0 Å². The molecule has 0 atom stereocenters. The Morgan fingerprint density at radius 2 is 1.17 bits per heavy atom. The van der Waals surface area contributed by atoms with Gasteiger partial charge in [-0.1, -0.05) is 41.4 Å². The lowest BCUT2D eigenvalue weighted by molar-refractivity contribution is -0.116. The molecule has 0 unspecified atom stereocenters. The fraction of sp³-hybridized carbons (Fsp3) is 0.571. The molecule has 0 spiro atoms. The van der Waals surface area contributed by atoms with Gasteiger partial charge in [0.25, 0.3) is 0 Å². The Bertz CT molecular complexity index is 777. The molecule has 30 heavy (non-hydrogen) atoms. The van der Waals surface area contributed by atoms with Crippen molar-refractivity contribution in [3.63, 3.8) is 0 Å². The highest BCUT2D eigenvalue weighted by atomic mass is 16.1. The van der Waals surface area contributed by atoms with Crippen LogP contribution in [0.4, 0.5) is 0 Å². The predicted octanol–water partition coefficient (Wildman–Crippen LogP) is 8.16. The highest BCUT2D eigenvalue weighted by Gasteiger charge is 2.26. The van der Waals surface area contributed by atoms with Gasteiger partial charge in [0.15, 0.2) is 11.6 Å². The Hall–Kier alpha value is -1.96. The summed E-state index contributed by atoms with van der Waals surface area (Å²) in [7, 11) is 0. The minimum Gasteiger partial charge on any atom is -0.289 e. The van der Waals surface area contributed by atoms with Crippen LogP contribution in [0.3, 0.4) is 0 Å². The molecular weight excluding hydrogens is 368 g/mol. The molecule has 0 fully saturated rings. The summed E-state index contributed by atoms with van der Waals surface area (Å²) < 4.78 is 0. The first-order valence-electron chi connectivity index (χ1n) is 11.6. The predicted molar refractivity (Wildman–Crippen MR) is 130 cm³/mol. The van der Waals surface area contributed by atoms with Crippen LogP contribution in [0, 0.1) is 0 Å². The molecule has 0 radical (unpaired) electrons. The lowest BCUT2D eigenvalue weighted by atomic mass is 9.84. The fourth-order valence-electron chi connectivity index (χ4n) is 3.77. The van der Waals surface area contributed by atoms with Crippen LogP contribution in [-0.2, 0) is 9.59 Å². The smallest absolute Gasteiger partial charge is 0.185 e. The number of Topliss-reactive ketones (excluding diaryl/α,β-unsaturated/α-hetero) is 2. The van der Waals surface area contributed by atoms with Crippen LogP contribution in [0.2, 0.25) is 0 Å². The summed E-state index contributed by atoms with van der Waals surface area (Å²) in [5, 5.41) is 0. The molecule has 0 amide bonds. The van der Waals surface area contributed by atoms with Crippen LogP contribution in [0.25, 0.3) is 0 Å². The summed E-state index contributed by atoms with van der Waals surface area (Å²) in [5.41, 5.74) is 6.98. The molecule has 2 nitrogen and oxygen atoms in total. The second-order valence-corrected chi connectivity index (χ2v) is 9.07. The van der Waals surface area contributed by atoms with Crippen molar-refractivity contribution in [2.24, 2.45) is 0 Å². The van der Waals surface area contributed by atoms with E-state index in [-0.39, 0.29) is 11.6 Å².